The van der Waals surface area contributed by atoms with Crippen molar-refractivity contribution in [2.45, 2.75) is 32.7 Å². The minimum atomic E-state index is -0.779. The highest BCUT2D eigenvalue weighted by Gasteiger charge is 2.15. The normalized spacial score (nSPS) is 12.4. The van der Waals surface area contributed by atoms with Crippen molar-refractivity contribution in [1.29, 1.82) is 0 Å². The van der Waals surface area contributed by atoms with E-state index in [1.807, 2.05) is 55.5 Å². The molecule has 1 atom stereocenters. The molecule has 0 radical (unpaired) electrons. The lowest BCUT2D eigenvalue weighted by atomic mass is 10.2. The summed E-state index contributed by atoms with van der Waals surface area (Å²) >= 11 is 0. The summed E-state index contributed by atoms with van der Waals surface area (Å²) in [5, 5.41) is 10.3. The zero-order chi connectivity index (χ0) is 18.5. The van der Waals surface area contributed by atoms with Crippen molar-refractivity contribution in [3.63, 3.8) is 0 Å². The van der Waals surface area contributed by atoms with Crippen molar-refractivity contribution in [1.82, 2.24) is 9.13 Å². The molecule has 0 fully saturated rings. The number of aryl methyl sites for hydroxylation is 1. The Hall–Kier alpha value is -2.57. The van der Waals surface area contributed by atoms with E-state index in [1.165, 1.54) is 0 Å². The predicted octanol–water partition coefficient (Wildman–Crippen LogP) is 2.41. The van der Waals surface area contributed by atoms with E-state index in [2.05, 4.69) is 0 Å². The summed E-state index contributed by atoms with van der Waals surface area (Å²) in [6.07, 6.45) is -0.779. The van der Waals surface area contributed by atoms with E-state index in [9.17, 15) is 9.90 Å². The van der Waals surface area contributed by atoms with Crippen LogP contribution in [0.1, 0.15) is 12.5 Å². The monoisotopic (exact) mass is 356 g/mol. The molecule has 0 spiro atoms. The molecule has 0 aliphatic carbocycles. The number of benzene rings is 2. The van der Waals surface area contributed by atoms with Crippen molar-refractivity contribution < 1.29 is 14.6 Å². The van der Waals surface area contributed by atoms with Gasteiger partial charge in [-0.1, -0.05) is 30.3 Å². The van der Waals surface area contributed by atoms with Crippen LogP contribution >= 0.6 is 0 Å². The number of nitrogens with zero attached hydrogens (tertiary/aromatic N) is 2. The average Bonchev–Trinajstić information content (AvgIpc) is 2.93. The summed E-state index contributed by atoms with van der Waals surface area (Å²) in [5.41, 5.74) is 2.50. The first-order valence-electron chi connectivity index (χ1n) is 8.71. The quantitative estimate of drug-likeness (QED) is 0.673. The lowest BCUT2D eigenvalue weighted by Crippen LogP contribution is -2.30. The van der Waals surface area contributed by atoms with Crippen molar-refractivity contribution >= 4 is 11.0 Å². The van der Waals surface area contributed by atoms with E-state index in [0.717, 1.165) is 22.3 Å². The molecule has 6 heteroatoms. The standard InChI is InChI=1S/C20H24N2O4/c1-3-21-17-9-5-6-10-18(17)22(20(21)24)12-16(23)14-26-13-15-8-4-7-11-19(15)25-2/h4-11,16,23H,3,12-14H2,1-2H3/t16-/m0/s1. The summed E-state index contributed by atoms with van der Waals surface area (Å²) in [6.45, 7) is 3.19. The maximum absolute atomic E-state index is 12.6. The molecule has 3 aromatic rings. The summed E-state index contributed by atoms with van der Waals surface area (Å²) in [5.74, 6) is 0.754. The van der Waals surface area contributed by atoms with Gasteiger partial charge in [-0.2, -0.15) is 0 Å². The highest BCUT2D eigenvalue weighted by Crippen LogP contribution is 2.18. The van der Waals surface area contributed by atoms with E-state index < -0.39 is 6.10 Å². The SMILES string of the molecule is CCn1c(=O)n(C[C@H](O)COCc2ccccc2OC)c2ccccc21. The molecule has 1 heterocycles. The second kappa shape index (κ2) is 8.21. The minimum absolute atomic E-state index is 0.113. The van der Waals surface area contributed by atoms with Crippen molar-refractivity contribution in [2.24, 2.45) is 0 Å². The van der Waals surface area contributed by atoms with Gasteiger partial charge < -0.3 is 14.6 Å². The number of para-hydroxylation sites is 3. The molecule has 0 bridgehead atoms. The molecule has 0 saturated heterocycles. The van der Waals surface area contributed by atoms with E-state index in [-0.39, 0.29) is 18.8 Å². The number of fused-ring (bicyclic) bond motifs is 1. The van der Waals surface area contributed by atoms with Crippen LogP contribution in [0.15, 0.2) is 53.3 Å². The molecule has 0 amide bonds. The number of aromatic nitrogens is 2. The minimum Gasteiger partial charge on any atom is -0.496 e. The van der Waals surface area contributed by atoms with E-state index in [1.54, 1.807) is 16.2 Å². The fourth-order valence-corrected chi connectivity index (χ4v) is 3.15. The molecule has 26 heavy (non-hydrogen) atoms. The van der Waals surface area contributed by atoms with Gasteiger partial charge in [0, 0.05) is 12.1 Å². The van der Waals surface area contributed by atoms with Gasteiger partial charge in [-0.3, -0.25) is 9.13 Å². The largest absolute Gasteiger partial charge is 0.496 e. The first-order valence-corrected chi connectivity index (χ1v) is 8.71. The fraction of sp³-hybridized carbons (Fsp3) is 0.350. The molecule has 0 aliphatic heterocycles. The first-order chi connectivity index (χ1) is 12.7. The van der Waals surface area contributed by atoms with Gasteiger partial charge in [0.1, 0.15) is 5.75 Å². The topological polar surface area (TPSA) is 65.6 Å². The first kappa shape index (κ1) is 18.2. The Bertz CT molecular complexity index is 929. The Labute approximate surface area is 152 Å². The van der Waals surface area contributed by atoms with Gasteiger partial charge in [0.25, 0.3) is 0 Å². The molecule has 138 valence electrons. The van der Waals surface area contributed by atoms with Gasteiger partial charge >= 0.3 is 5.69 Å². The lowest BCUT2D eigenvalue weighted by molar-refractivity contribution is 0.0198. The second-order valence-corrected chi connectivity index (χ2v) is 6.11. The number of aliphatic hydroxyl groups excluding tert-OH is 1. The molecular weight excluding hydrogens is 332 g/mol. The average molecular weight is 356 g/mol. The van der Waals surface area contributed by atoms with Crippen LogP contribution in [-0.4, -0.2) is 34.1 Å². The van der Waals surface area contributed by atoms with Crippen LogP contribution in [0.25, 0.3) is 11.0 Å². The zero-order valence-corrected chi connectivity index (χ0v) is 15.1. The van der Waals surface area contributed by atoms with Gasteiger partial charge in [-0.25, -0.2) is 4.79 Å². The van der Waals surface area contributed by atoms with Crippen LogP contribution in [0.2, 0.25) is 0 Å². The van der Waals surface area contributed by atoms with Gasteiger partial charge in [0.15, 0.2) is 0 Å². The summed E-state index contributed by atoms with van der Waals surface area (Å²) in [6, 6.07) is 15.2. The van der Waals surface area contributed by atoms with Gasteiger partial charge in [-0.05, 0) is 25.1 Å². The molecule has 0 aliphatic rings. The third-order valence-corrected chi connectivity index (χ3v) is 4.40. The number of hydrogen-bond donors (Lipinski definition) is 1. The van der Waals surface area contributed by atoms with E-state index >= 15 is 0 Å². The Morgan fingerprint density at radius 2 is 1.69 bits per heavy atom. The number of aliphatic hydroxyl groups is 1. The zero-order valence-electron chi connectivity index (χ0n) is 15.1. The molecule has 6 nitrogen and oxygen atoms in total. The van der Waals surface area contributed by atoms with Gasteiger partial charge in [-0.15, -0.1) is 0 Å². The third kappa shape index (κ3) is 3.66. The summed E-state index contributed by atoms with van der Waals surface area (Å²) < 4.78 is 14.2. The fourth-order valence-electron chi connectivity index (χ4n) is 3.15. The Kier molecular flexibility index (Phi) is 5.75. The molecule has 1 N–H and O–H groups in total. The number of hydrogen-bond acceptors (Lipinski definition) is 4. The summed E-state index contributed by atoms with van der Waals surface area (Å²) in [4.78, 5) is 12.6. The Morgan fingerprint density at radius 1 is 1.04 bits per heavy atom. The van der Waals surface area contributed by atoms with Crippen LogP contribution in [0.3, 0.4) is 0 Å². The number of ether oxygens (including phenoxy) is 2. The maximum Gasteiger partial charge on any atom is 0.329 e. The molecule has 3 rings (SSSR count). The van der Waals surface area contributed by atoms with Crippen LogP contribution in [0, 0.1) is 0 Å². The van der Waals surface area contributed by atoms with Crippen molar-refractivity contribution in [2.75, 3.05) is 13.7 Å². The van der Waals surface area contributed by atoms with Crippen molar-refractivity contribution in [3.8, 4) is 5.75 Å². The third-order valence-electron chi connectivity index (χ3n) is 4.40. The molecule has 0 unspecified atom stereocenters. The number of imidazole rings is 1. The molecule has 1 aromatic heterocycles. The smallest absolute Gasteiger partial charge is 0.329 e. The predicted molar refractivity (Wildman–Crippen MR) is 101 cm³/mol. The Balaban J connectivity index is 1.67. The van der Waals surface area contributed by atoms with E-state index in [4.69, 9.17) is 9.47 Å². The second-order valence-electron chi connectivity index (χ2n) is 6.11. The maximum atomic E-state index is 12.6. The highest BCUT2D eigenvalue weighted by atomic mass is 16.5. The molecule has 2 aromatic carbocycles. The van der Waals surface area contributed by atoms with Crippen LogP contribution in [0.4, 0.5) is 0 Å². The molecular formula is C20H24N2O4. The van der Waals surface area contributed by atoms with E-state index in [0.29, 0.717) is 13.2 Å². The van der Waals surface area contributed by atoms with Gasteiger partial charge in [0.2, 0.25) is 0 Å². The highest BCUT2D eigenvalue weighted by molar-refractivity contribution is 5.75. The Morgan fingerprint density at radius 3 is 2.38 bits per heavy atom. The summed E-state index contributed by atoms with van der Waals surface area (Å²) in [7, 11) is 1.61. The van der Waals surface area contributed by atoms with Crippen molar-refractivity contribution in [3.05, 3.63) is 64.6 Å². The van der Waals surface area contributed by atoms with Crippen LogP contribution in [0.5, 0.6) is 5.75 Å². The number of rotatable bonds is 8. The lowest BCUT2D eigenvalue weighted by Gasteiger charge is -2.13. The van der Waals surface area contributed by atoms with Crippen LogP contribution < -0.4 is 10.4 Å². The van der Waals surface area contributed by atoms with Gasteiger partial charge in [0.05, 0.1) is 44.0 Å². The number of methoxy groups -OCH3 is 1. The van der Waals surface area contributed by atoms with Crippen LogP contribution in [-0.2, 0) is 24.4 Å². The molecule has 0 saturated carbocycles.